The lowest BCUT2D eigenvalue weighted by Gasteiger charge is -2.19. The highest BCUT2D eigenvalue weighted by atomic mass is 16.5. The molecule has 0 amide bonds. The van der Waals surface area contributed by atoms with Crippen LogP contribution in [0, 0.1) is 0 Å². The largest absolute Gasteiger partial charge is 0.389 e. The number of hydrogen-bond donors (Lipinski definition) is 2. The Labute approximate surface area is 131 Å². The van der Waals surface area contributed by atoms with Crippen LogP contribution in [0.3, 0.4) is 0 Å². The second kappa shape index (κ2) is 9.33. The molecule has 2 unspecified atom stereocenters. The summed E-state index contributed by atoms with van der Waals surface area (Å²) < 4.78 is 11.0. The highest BCUT2D eigenvalue weighted by Crippen LogP contribution is 2.04. The summed E-state index contributed by atoms with van der Waals surface area (Å²) >= 11 is 0. The van der Waals surface area contributed by atoms with E-state index in [4.69, 9.17) is 15.2 Å². The molecule has 0 saturated carbocycles. The average molecular weight is 301 g/mol. The number of benzene rings is 2. The highest BCUT2D eigenvalue weighted by molar-refractivity contribution is 5.14. The Morgan fingerprint density at radius 2 is 1.23 bits per heavy atom. The molecular formula is C18H23NO3. The van der Waals surface area contributed by atoms with Crippen LogP contribution >= 0.6 is 0 Å². The van der Waals surface area contributed by atoms with Gasteiger partial charge < -0.3 is 20.3 Å². The molecule has 0 fully saturated rings. The Kier molecular flexibility index (Phi) is 7.06. The fourth-order valence-electron chi connectivity index (χ4n) is 1.99. The van der Waals surface area contributed by atoms with Crippen LogP contribution in [0.2, 0.25) is 0 Å². The van der Waals surface area contributed by atoms with E-state index in [9.17, 15) is 5.11 Å². The van der Waals surface area contributed by atoms with Crippen molar-refractivity contribution in [3.63, 3.8) is 0 Å². The van der Waals surface area contributed by atoms with Gasteiger partial charge in [-0.2, -0.15) is 0 Å². The molecular weight excluding hydrogens is 278 g/mol. The van der Waals surface area contributed by atoms with Crippen LogP contribution in [0.25, 0.3) is 0 Å². The van der Waals surface area contributed by atoms with E-state index in [0.29, 0.717) is 19.8 Å². The van der Waals surface area contributed by atoms with Crippen molar-refractivity contribution in [2.75, 3.05) is 13.2 Å². The molecule has 4 heteroatoms. The van der Waals surface area contributed by atoms with Gasteiger partial charge in [-0.05, 0) is 11.1 Å². The summed E-state index contributed by atoms with van der Waals surface area (Å²) in [4.78, 5) is 0. The normalized spacial score (nSPS) is 13.7. The standard InChI is InChI=1S/C18H23NO3/c19-17(13-21-11-15-7-3-1-4-8-15)18(20)14-22-12-16-9-5-2-6-10-16/h1-10,17-18,20H,11-14,19H2. The molecule has 0 radical (unpaired) electrons. The first-order valence-corrected chi connectivity index (χ1v) is 7.42. The Morgan fingerprint density at radius 3 is 1.73 bits per heavy atom. The maximum absolute atomic E-state index is 9.96. The average Bonchev–Trinajstić information content (AvgIpc) is 2.56. The van der Waals surface area contributed by atoms with E-state index in [1.807, 2.05) is 60.7 Å². The van der Waals surface area contributed by atoms with Gasteiger partial charge in [0, 0.05) is 0 Å². The van der Waals surface area contributed by atoms with Gasteiger partial charge in [-0.3, -0.25) is 0 Å². The maximum atomic E-state index is 9.96. The molecule has 0 aromatic heterocycles. The lowest BCUT2D eigenvalue weighted by atomic mass is 10.2. The van der Waals surface area contributed by atoms with E-state index in [1.54, 1.807) is 0 Å². The molecule has 0 aliphatic rings. The summed E-state index contributed by atoms with van der Waals surface area (Å²) in [5.74, 6) is 0. The summed E-state index contributed by atoms with van der Waals surface area (Å²) in [6.07, 6.45) is -0.737. The lowest BCUT2D eigenvalue weighted by Crippen LogP contribution is -2.41. The second-order valence-corrected chi connectivity index (χ2v) is 5.23. The third-order valence-electron chi connectivity index (χ3n) is 3.32. The first-order valence-electron chi connectivity index (χ1n) is 7.42. The quantitative estimate of drug-likeness (QED) is 0.744. The van der Waals surface area contributed by atoms with Gasteiger partial charge in [0.05, 0.1) is 38.6 Å². The fourth-order valence-corrected chi connectivity index (χ4v) is 1.99. The molecule has 0 heterocycles. The van der Waals surface area contributed by atoms with Crippen molar-refractivity contribution in [2.24, 2.45) is 5.73 Å². The van der Waals surface area contributed by atoms with Crippen LogP contribution in [0.15, 0.2) is 60.7 Å². The van der Waals surface area contributed by atoms with Crippen molar-refractivity contribution < 1.29 is 14.6 Å². The Morgan fingerprint density at radius 1 is 0.773 bits per heavy atom. The predicted octanol–water partition coefficient (Wildman–Crippen LogP) is 2.11. The topological polar surface area (TPSA) is 64.7 Å². The summed E-state index contributed by atoms with van der Waals surface area (Å²) in [6, 6.07) is 19.2. The van der Waals surface area contributed by atoms with Crippen molar-refractivity contribution in [1.29, 1.82) is 0 Å². The van der Waals surface area contributed by atoms with Gasteiger partial charge in [0.2, 0.25) is 0 Å². The third-order valence-corrected chi connectivity index (χ3v) is 3.32. The lowest BCUT2D eigenvalue weighted by molar-refractivity contribution is -0.00710. The fraction of sp³-hybridized carbons (Fsp3) is 0.333. The minimum atomic E-state index is -0.737. The summed E-state index contributed by atoms with van der Waals surface area (Å²) in [6.45, 7) is 1.46. The van der Waals surface area contributed by atoms with Gasteiger partial charge in [-0.1, -0.05) is 60.7 Å². The molecule has 2 aromatic carbocycles. The molecule has 118 valence electrons. The number of aliphatic hydroxyl groups excluding tert-OH is 1. The third kappa shape index (κ3) is 5.95. The van der Waals surface area contributed by atoms with E-state index >= 15 is 0 Å². The van der Waals surface area contributed by atoms with Crippen LogP contribution < -0.4 is 5.73 Å². The Balaban J connectivity index is 1.61. The maximum Gasteiger partial charge on any atom is 0.0946 e. The van der Waals surface area contributed by atoms with E-state index in [2.05, 4.69) is 0 Å². The van der Waals surface area contributed by atoms with Gasteiger partial charge in [0.25, 0.3) is 0 Å². The van der Waals surface area contributed by atoms with Gasteiger partial charge in [0.15, 0.2) is 0 Å². The number of nitrogens with two attached hydrogens (primary N) is 1. The zero-order valence-corrected chi connectivity index (χ0v) is 12.6. The number of hydrogen-bond acceptors (Lipinski definition) is 4. The highest BCUT2D eigenvalue weighted by Gasteiger charge is 2.15. The molecule has 4 nitrogen and oxygen atoms in total. The summed E-state index contributed by atoms with van der Waals surface area (Å²) in [5.41, 5.74) is 8.07. The minimum absolute atomic E-state index is 0.199. The molecule has 22 heavy (non-hydrogen) atoms. The van der Waals surface area contributed by atoms with Gasteiger partial charge in [-0.15, -0.1) is 0 Å². The van der Waals surface area contributed by atoms with Crippen molar-refractivity contribution in [1.82, 2.24) is 0 Å². The van der Waals surface area contributed by atoms with Gasteiger partial charge in [0.1, 0.15) is 0 Å². The first kappa shape index (κ1) is 16.6. The molecule has 0 aliphatic carbocycles. The van der Waals surface area contributed by atoms with Crippen LogP contribution in [0.5, 0.6) is 0 Å². The monoisotopic (exact) mass is 301 g/mol. The van der Waals surface area contributed by atoms with Crippen molar-refractivity contribution in [3.8, 4) is 0 Å². The Bertz CT molecular complexity index is 469. The van der Waals surface area contributed by atoms with E-state index < -0.39 is 12.1 Å². The molecule has 0 bridgehead atoms. The summed E-state index contributed by atoms with van der Waals surface area (Å²) in [5, 5.41) is 9.96. The van der Waals surface area contributed by atoms with Crippen LogP contribution in [0.4, 0.5) is 0 Å². The van der Waals surface area contributed by atoms with Gasteiger partial charge >= 0.3 is 0 Å². The Hall–Kier alpha value is -1.72. The molecule has 2 aromatic rings. The molecule has 3 N–H and O–H groups in total. The van der Waals surface area contributed by atoms with Crippen LogP contribution in [-0.4, -0.2) is 30.5 Å². The molecule has 2 atom stereocenters. The van der Waals surface area contributed by atoms with E-state index in [0.717, 1.165) is 11.1 Å². The zero-order valence-electron chi connectivity index (χ0n) is 12.6. The van der Waals surface area contributed by atoms with E-state index in [-0.39, 0.29) is 6.61 Å². The molecule has 2 rings (SSSR count). The SMILES string of the molecule is NC(COCc1ccccc1)C(O)COCc1ccccc1. The van der Waals surface area contributed by atoms with E-state index in [1.165, 1.54) is 0 Å². The first-order chi connectivity index (χ1) is 10.8. The van der Waals surface area contributed by atoms with Crippen LogP contribution in [0.1, 0.15) is 11.1 Å². The van der Waals surface area contributed by atoms with Gasteiger partial charge in [-0.25, -0.2) is 0 Å². The minimum Gasteiger partial charge on any atom is -0.389 e. The van der Waals surface area contributed by atoms with Crippen molar-refractivity contribution in [2.45, 2.75) is 25.4 Å². The smallest absolute Gasteiger partial charge is 0.0946 e. The molecule has 0 spiro atoms. The summed E-state index contributed by atoms with van der Waals surface area (Å²) in [7, 11) is 0. The van der Waals surface area contributed by atoms with Crippen molar-refractivity contribution >= 4 is 0 Å². The number of aliphatic hydroxyl groups is 1. The molecule has 0 aliphatic heterocycles. The predicted molar refractivity (Wildman–Crippen MR) is 86.2 cm³/mol. The van der Waals surface area contributed by atoms with Crippen molar-refractivity contribution in [3.05, 3.63) is 71.8 Å². The second-order valence-electron chi connectivity index (χ2n) is 5.23. The number of ether oxygens (including phenoxy) is 2. The van der Waals surface area contributed by atoms with Crippen LogP contribution in [-0.2, 0) is 22.7 Å². The molecule has 0 saturated heterocycles. The number of rotatable bonds is 9. The zero-order chi connectivity index (χ0) is 15.6.